The Morgan fingerprint density at radius 1 is 1.47 bits per heavy atom. The second-order valence-corrected chi connectivity index (χ2v) is 4.02. The molecule has 1 fully saturated rings. The maximum atomic E-state index is 4.51. The van der Waals surface area contributed by atoms with Gasteiger partial charge >= 0.3 is 0 Å². The fraction of sp³-hybridized carbons (Fsp3) is 0.636. The quantitative estimate of drug-likeness (QED) is 0.765. The number of piperidine rings is 1. The van der Waals surface area contributed by atoms with Crippen LogP contribution in [0.3, 0.4) is 0 Å². The van der Waals surface area contributed by atoms with Gasteiger partial charge in [0.2, 0.25) is 0 Å². The summed E-state index contributed by atoms with van der Waals surface area (Å²) in [4.78, 5) is 8.82. The molecule has 0 aromatic carbocycles. The van der Waals surface area contributed by atoms with Gasteiger partial charge in [-0.2, -0.15) is 0 Å². The van der Waals surface area contributed by atoms with Gasteiger partial charge in [-0.3, -0.25) is 0 Å². The van der Waals surface area contributed by atoms with Crippen LogP contribution in [-0.4, -0.2) is 30.1 Å². The molecular formula is C11H18N4. The third-order valence-corrected chi connectivity index (χ3v) is 2.83. The molecule has 0 saturated carbocycles. The Labute approximate surface area is 90.5 Å². The van der Waals surface area contributed by atoms with Gasteiger partial charge in [0, 0.05) is 25.6 Å². The second kappa shape index (κ2) is 4.57. The van der Waals surface area contributed by atoms with Crippen LogP contribution in [0.5, 0.6) is 0 Å². The van der Waals surface area contributed by atoms with Crippen LogP contribution < -0.4 is 10.6 Å². The number of rotatable bonds is 2. The van der Waals surface area contributed by atoms with Crippen molar-refractivity contribution in [1.82, 2.24) is 15.3 Å². The number of aryl methyl sites for hydroxylation is 1. The Morgan fingerprint density at radius 2 is 2.33 bits per heavy atom. The molecule has 0 radical (unpaired) electrons. The lowest BCUT2D eigenvalue weighted by molar-refractivity contribution is 0.453. The molecule has 0 bridgehead atoms. The highest BCUT2D eigenvalue weighted by Crippen LogP contribution is 2.22. The van der Waals surface area contributed by atoms with Crippen molar-refractivity contribution >= 4 is 5.82 Å². The van der Waals surface area contributed by atoms with E-state index in [-0.39, 0.29) is 0 Å². The number of anilines is 1. The van der Waals surface area contributed by atoms with Gasteiger partial charge in [-0.15, -0.1) is 0 Å². The largest absolute Gasteiger partial charge is 0.373 e. The first kappa shape index (κ1) is 10.4. The van der Waals surface area contributed by atoms with Gasteiger partial charge in [0.15, 0.2) is 0 Å². The van der Waals surface area contributed by atoms with E-state index in [0.29, 0.717) is 5.92 Å². The first-order chi connectivity index (χ1) is 7.29. The molecule has 1 aliphatic heterocycles. The van der Waals surface area contributed by atoms with Gasteiger partial charge in [-0.1, -0.05) is 0 Å². The van der Waals surface area contributed by atoms with Gasteiger partial charge in [0.25, 0.3) is 0 Å². The number of nitrogens with one attached hydrogen (secondary N) is 2. The van der Waals surface area contributed by atoms with Crippen molar-refractivity contribution < 1.29 is 0 Å². The van der Waals surface area contributed by atoms with Crippen LogP contribution in [0.2, 0.25) is 0 Å². The molecule has 2 heterocycles. The molecule has 15 heavy (non-hydrogen) atoms. The summed E-state index contributed by atoms with van der Waals surface area (Å²) < 4.78 is 0. The topological polar surface area (TPSA) is 49.8 Å². The van der Waals surface area contributed by atoms with E-state index >= 15 is 0 Å². The predicted octanol–water partition coefficient (Wildman–Crippen LogP) is 1.29. The summed E-state index contributed by atoms with van der Waals surface area (Å²) in [6.07, 6.45) is 2.47. The van der Waals surface area contributed by atoms with E-state index in [1.807, 2.05) is 14.0 Å². The molecule has 4 nitrogen and oxygen atoms in total. The fourth-order valence-corrected chi connectivity index (χ4v) is 2.03. The maximum absolute atomic E-state index is 4.51. The average Bonchev–Trinajstić information content (AvgIpc) is 2.29. The van der Waals surface area contributed by atoms with Crippen molar-refractivity contribution in [3.8, 4) is 0 Å². The van der Waals surface area contributed by atoms with Crippen molar-refractivity contribution in [2.45, 2.75) is 25.7 Å². The summed E-state index contributed by atoms with van der Waals surface area (Å²) in [7, 11) is 1.89. The number of hydrogen-bond acceptors (Lipinski definition) is 4. The number of aromatic nitrogens is 2. The van der Waals surface area contributed by atoms with Gasteiger partial charge in [-0.25, -0.2) is 9.97 Å². The monoisotopic (exact) mass is 206 g/mol. The molecule has 0 spiro atoms. The second-order valence-electron chi connectivity index (χ2n) is 4.02. The van der Waals surface area contributed by atoms with Crippen LogP contribution in [0.15, 0.2) is 6.07 Å². The first-order valence-corrected chi connectivity index (χ1v) is 5.53. The molecule has 1 aliphatic rings. The lowest BCUT2D eigenvalue weighted by Crippen LogP contribution is -2.29. The highest BCUT2D eigenvalue weighted by Gasteiger charge is 2.17. The van der Waals surface area contributed by atoms with Crippen molar-refractivity contribution in [3.05, 3.63) is 17.6 Å². The van der Waals surface area contributed by atoms with Crippen LogP contribution >= 0.6 is 0 Å². The molecule has 2 N–H and O–H groups in total. The highest BCUT2D eigenvalue weighted by molar-refractivity contribution is 5.36. The van der Waals surface area contributed by atoms with Crippen LogP contribution in [0.25, 0.3) is 0 Å². The van der Waals surface area contributed by atoms with Crippen molar-refractivity contribution in [3.63, 3.8) is 0 Å². The molecule has 2 rings (SSSR count). The summed E-state index contributed by atoms with van der Waals surface area (Å²) in [5.41, 5.74) is 1.17. The van der Waals surface area contributed by atoms with Crippen LogP contribution in [-0.2, 0) is 0 Å². The van der Waals surface area contributed by atoms with Crippen LogP contribution in [0.1, 0.15) is 30.3 Å². The van der Waals surface area contributed by atoms with Crippen molar-refractivity contribution in [2.24, 2.45) is 0 Å². The zero-order chi connectivity index (χ0) is 10.7. The van der Waals surface area contributed by atoms with Gasteiger partial charge in [-0.05, 0) is 26.3 Å². The van der Waals surface area contributed by atoms with E-state index in [2.05, 4.69) is 26.7 Å². The normalized spacial score (nSPS) is 21.3. The Bertz CT molecular complexity index is 331. The van der Waals surface area contributed by atoms with Crippen molar-refractivity contribution in [2.75, 3.05) is 25.5 Å². The maximum Gasteiger partial charge on any atom is 0.129 e. The molecule has 1 unspecified atom stereocenters. The molecule has 4 heteroatoms. The van der Waals surface area contributed by atoms with E-state index in [9.17, 15) is 0 Å². The lowest BCUT2D eigenvalue weighted by Gasteiger charge is -2.22. The molecular weight excluding hydrogens is 188 g/mol. The summed E-state index contributed by atoms with van der Waals surface area (Å²) in [6, 6.07) is 2.06. The summed E-state index contributed by atoms with van der Waals surface area (Å²) in [5.74, 6) is 2.32. The molecule has 1 saturated heterocycles. The lowest BCUT2D eigenvalue weighted by atomic mass is 9.96. The Balaban J connectivity index is 2.22. The van der Waals surface area contributed by atoms with Gasteiger partial charge < -0.3 is 10.6 Å². The SMILES string of the molecule is CNc1cc(C2CCCNC2)nc(C)n1. The predicted molar refractivity (Wildman–Crippen MR) is 61.2 cm³/mol. The van der Waals surface area contributed by atoms with Gasteiger partial charge in [0.05, 0.1) is 5.69 Å². The van der Waals surface area contributed by atoms with Gasteiger partial charge in [0.1, 0.15) is 11.6 Å². The van der Waals surface area contributed by atoms with Crippen molar-refractivity contribution in [1.29, 1.82) is 0 Å². The molecule has 0 amide bonds. The van der Waals surface area contributed by atoms with E-state index < -0.39 is 0 Å². The third-order valence-electron chi connectivity index (χ3n) is 2.83. The fourth-order valence-electron chi connectivity index (χ4n) is 2.03. The minimum Gasteiger partial charge on any atom is -0.373 e. The highest BCUT2D eigenvalue weighted by atomic mass is 15.0. The van der Waals surface area contributed by atoms with E-state index in [4.69, 9.17) is 0 Å². The summed E-state index contributed by atoms with van der Waals surface area (Å²) in [5, 5.41) is 6.49. The molecule has 82 valence electrons. The molecule has 1 aromatic rings. The molecule has 1 atom stereocenters. The third kappa shape index (κ3) is 2.45. The summed E-state index contributed by atoms with van der Waals surface area (Å²) in [6.45, 7) is 4.12. The van der Waals surface area contributed by atoms with E-state index in [1.165, 1.54) is 18.5 Å². The zero-order valence-corrected chi connectivity index (χ0v) is 9.38. The first-order valence-electron chi connectivity index (χ1n) is 5.53. The molecule has 0 aliphatic carbocycles. The Kier molecular flexibility index (Phi) is 3.16. The standard InChI is InChI=1S/C11H18N4/c1-8-14-10(6-11(12-2)15-8)9-4-3-5-13-7-9/h6,9,13H,3-5,7H2,1-2H3,(H,12,14,15). The zero-order valence-electron chi connectivity index (χ0n) is 9.38. The smallest absolute Gasteiger partial charge is 0.129 e. The van der Waals surface area contributed by atoms with Crippen LogP contribution in [0, 0.1) is 6.92 Å². The van der Waals surface area contributed by atoms with E-state index in [1.54, 1.807) is 0 Å². The summed E-state index contributed by atoms with van der Waals surface area (Å²) >= 11 is 0. The minimum atomic E-state index is 0.549. The Morgan fingerprint density at radius 3 is 3.00 bits per heavy atom. The number of hydrogen-bond donors (Lipinski definition) is 2. The Hall–Kier alpha value is -1.16. The van der Waals surface area contributed by atoms with E-state index in [0.717, 1.165) is 24.7 Å². The molecule has 1 aromatic heterocycles. The van der Waals surface area contributed by atoms with Crippen LogP contribution in [0.4, 0.5) is 5.82 Å². The number of nitrogens with zero attached hydrogens (tertiary/aromatic N) is 2. The average molecular weight is 206 g/mol. The minimum absolute atomic E-state index is 0.549.